The van der Waals surface area contributed by atoms with Gasteiger partial charge in [0.2, 0.25) is 11.8 Å². The van der Waals surface area contributed by atoms with E-state index in [2.05, 4.69) is 11.9 Å². The van der Waals surface area contributed by atoms with Gasteiger partial charge in [-0.05, 0) is 30.9 Å². The predicted octanol–water partition coefficient (Wildman–Crippen LogP) is 2.17. The second-order valence-electron chi connectivity index (χ2n) is 6.10. The molecule has 1 unspecified atom stereocenters. The highest BCUT2D eigenvalue weighted by Crippen LogP contribution is 2.38. The van der Waals surface area contributed by atoms with Gasteiger partial charge in [0, 0.05) is 32.8 Å². The highest BCUT2D eigenvalue weighted by Gasteiger charge is 2.35. The lowest BCUT2D eigenvalue weighted by molar-refractivity contribution is -0.134. The number of pyridine rings is 1. The largest absolute Gasteiger partial charge is 0.343 e. The highest BCUT2D eigenvalue weighted by atomic mass is 32.2. The number of anilines is 1. The molecule has 1 atom stereocenters. The molecule has 0 N–H and O–H groups in total. The lowest BCUT2D eigenvalue weighted by atomic mass is 9.99. The van der Waals surface area contributed by atoms with Crippen LogP contribution in [0.5, 0.6) is 0 Å². The molecule has 0 saturated carbocycles. The fraction of sp³-hybridized carbons (Fsp3) is 0.562. The van der Waals surface area contributed by atoms with Gasteiger partial charge in [-0.25, -0.2) is 4.98 Å². The first-order valence-corrected chi connectivity index (χ1v) is 8.61. The van der Waals surface area contributed by atoms with Gasteiger partial charge in [-0.2, -0.15) is 0 Å². The normalized spacial score (nSPS) is 22.6. The molecule has 0 radical (unpaired) electrons. The van der Waals surface area contributed by atoms with E-state index in [-0.39, 0.29) is 23.5 Å². The Bertz CT molecular complexity index is 585. The maximum Gasteiger partial charge on any atom is 0.240 e. The van der Waals surface area contributed by atoms with Crippen molar-refractivity contribution in [2.75, 3.05) is 25.0 Å². The number of carbonyl (C=O) groups is 2. The molecule has 0 aliphatic carbocycles. The Morgan fingerprint density at radius 2 is 2.14 bits per heavy atom. The monoisotopic (exact) mass is 319 g/mol. The van der Waals surface area contributed by atoms with Crippen LogP contribution >= 0.6 is 11.8 Å². The topological polar surface area (TPSA) is 53.5 Å². The summed E-state index contributed by atoms with van der Waals surface area (Å²) in [5.74, 6) is 0.770. The third-order valence-electron chi connectivity index (χ3n) is 4.47. The Hall–Kier alpha value is -1.56. The average Bonchev–Trinajstić information content (AvgIpc) is 2.53. The summed E-state index contributed by atoms with van der Waals surface area (Å²) in [5, 5.41) is 0.467. The zero-order valence-electron chi connectivity index (χ0n) is 13.0. The van der Waals surface area contributed by atoms with Gasteiger partial charge in [-0.1, -0.05) is 18.7 Å². The number of nitrogens with zero attached hydrogens (tertiary/aromatic N) is 3. The van der Waals surface area contributed by atoms with E-state index in [1.165, 1.54) is 11.8 Å². The first-order chi connectivity index (χ1) is 10.6. The van der Waals surface area contributed by atoms with Crippen molar-refractivity contribution in [3.63, 3.8) is 0 Å². The summed E-state index contributed by atoms with van der Waals surface area (Å²) in [6.45, 7) is 3.85. The van der Waals surface area contributed by atoms with E-state index >= 15 is 0 Å². The molecule has 1 saturated heterocycles. The maximum absolute atomic E-state index is 12.5. The van der Waals surface area contributed by atoms with Crippen molar-refractivity contribution in [1.29, 1.82) is 0 Å². The molecule has 3 rings (SSSR count). The number of thioether (sulfide) groups is 1. The van der Waals surface area contributed by atoms with Gasteiger partial charge >= 0.3 is 0 Å². The molecule has 1 aromatic rings. The summed E-state index contributed by atoms with van der Waals surface area (Å²) >= 11 is 1.41. The molecular formula is C16H21N3O2S. The van der Waals surface area contributed by atoms with Crippen LogP contribution in [0, 0.1) is 5.92 Å². The molecular weight excluding hydrogens is 298 g/mol. The molecule has 6 heteroatoms. The van der Waals surface area contributed by atoms with E-state index in [4.69, 9.17) is 0 Å². The van der Waals surface area contributed by atoms with Crippen LogP contribution in [0.3, 0.4) is 0 Å². The molecule has 0 spiro atoms. The Labute approximate surface area is 135 Å². The Morgan fingerprint density at radius 3 is 2.86 bits per heavy atom. The Morgan fingerprint density at radius 1 is 1.41 bits per heavy atom. The van der Waals surface area contributed by atoms with Crippen LogP contribution in [0.1, 0.15) is 26.2 Å². The highest BCUT2D eigenvalue weighted by molar-refractivity contribution is 8.00. The van der Waals surface area contributed by atoms with Crippen LogP contribution in [0.2, 0.25) is 0 Å². The van der Waals surface area contributed by atoms with Gasteiger partial charge in [-0.15, -0.1) is 0 Å². The first kappa shape index (κ1) is 15.3. The lowest BCUT2D eigenvalue weighted by Gasteiger charge is -2.33. The number of hydrogen-bond donors (Lipinski definition) is 0. The maximum atomic E-state index is 12.5. The van der Waals surface area contributed by atoms with Crippen molar-refractivity contribution in [2.24, 2.45) is 5.92 Å². The number of fused-ring (bicyclic) bond motifs is 1. The third-order valence-corrected chi connectivity index (χ3v) is 5.66. The molecule has 0 bridgehead atoms. The van der Waals surface area contributed by atoms with Gasteiger partial charge in [0.25, 0.3) is 0 Å². The van der Waals surface area contributed by atoms with Crippen molar-refractivity contribution < 1.29 is 9.59 Å². The van der Waals surface area contributed by atoms with Crippen molar-refractivity contribution in [1.82, 2.24) is 9.88 Å². The molecule has 2 amide bonds. The average molecular weight is 319 g/mol. The minimum absolute atomic E-state index is 0.00997. The fourth-order valence-electron chi connectivity index (χ4n) is 2.92. The number of likely N-dealkylation sites (tertiary alicyclic amines) is 1. The molecule has 1 aromatic heterocycles. The minimum atomic E-state index is -0.362. The zero-order chi connectivity index (χ0) is 15.7. The SMILES string of the molecule is CC1CCN(C(=O)CC2Sc3ncccc3N(C)C2=O)CC1. The second kappa shape index (κ2) is 6.28. The zero-order valence-corrected chi connectivity index (χ0v) is 13.8. The summed E-state index contributed by atoms with van der Waals surface area (Å²) in [4.78, 5) is 32.8. The van der Waals surface area contributed by atoms with Crippen molar-refractivity contribution in [3.05, 3.63) is 18.3 Å². The van der Waals surface area contributed by atoms with E-state index in [1.54, 1.807) is 18.1 Å². The smallest absolute Gasteiger partial charge is 0.240 e. The summed E-state index contributed by atoms with van der Waals surface area (Å²) in [6, 6.07) is 3.71. The Kier molecular flexibility index (Phi) is 4.38. The van der Waals surface area contributed by atoms with E-state index in [9.17, 15) is 9.59 Å². The van der Waals surface area contributed by atoms with Gasteiger partial charge in [0.15, 0.2) is 0 Å². The van der Waals surface area contributed by atoms with Crippen molar-refractivity contribution >= 4 is 29.3 Å². The van der Waals surface area contributed by atoms with E-state index in [0.29, 0.717) is 5.92 Å². The summed E-state index contributed by atoms with van der Waals surface area (Å²) < 4.78 is 0. The quantitative estimate of drug-likeness (QED) is 0.838. The van der Waals surface area contributed by atoms with Crippen LogP contribution < -0.4 is 4.90 Å². The standard InChI is InChI=1S/C16H21N3O2S/c1-11-5-8-19(9-6-11)14(20)10-13-16(21)18(2)12-4-3-7-17-15(12)22-13/h3-4,7,11,13H,5-6,8-10H2,1-2H3. The fourth-order valence-corrected chi connectivity index (χ4v) is 4.12. The summed E-state index contributed by atoms with van der Waals surface area (Å²) in [7, 11) is 1.75. The van der Waals surface area contributed by atoms with E-state index < -0.39 is 0 Å². The molecule has 5 nitrogen and oxygen atoms in total. The number of carbonyl (C=O) groups excluding carboxylic acids is 2. The minimum Gasteiger partial charge on any atom is -0.343 e. The van der Waals surface area contributed by atoms with Gasteiger partial charge in [0.1, 0.15) is 5.03 Å². The molecule has 2 aliphatic rings. The predicted molar refractivity (Wildman–Crippen MR) is 86.9 cm³/mol. The van der Waals surface area contributed by atoms with Gasteiger partial charge in [0.05, 0.1) is 10.9 Å². The van der Waals surface area contributed by atoms with Gasteiger partial charge in [-0.3, -0.25) is 9.59 Å². The first-order valence-electron chi connectivity index (χ1n) is 7.73. The number of amides is 2. The van der Waals surface area contributed by atoms with Crippen LogP contribution in [0.25, 0.3) is 0 Å². The van der Waals surface area contributed by atoms with Crippen molar-refractivity contribution in [3.8, 4) is 0 Å². The van der Waals surface area contributed by atoms with Crippen LogP contribution in [0.4, 0.5) is 5.69 Å². The van der Waals surface area contributed by atoms with Crippen LogP contribution in [-0.2, 0) is 9.59 Å². The number of rotatable bonds is 2. The lowest BCUT2D eigenvalue weighted by Crippen LogP contribution is -2.43. The van der Waals surface area contributed by atoms with E-state index in [1.807, 2.05) is 17.0 Å². The molecule has 22 heavy (non-hydrogen) atoms. The third kappa shape index (κ3) is 2.97. The second-order valence-corrected chi connectivity index (χ2v) is 7.29. The van der Waals surface area contributed by atoms with Crippen LogP contribution in [-0.4, -0.2) is 47.1 Å². The van der Waals surface area contributed by atoms with E-state index in [0.717, 1.165) is 36.6 Å². The molecule has 3 heterocycles. The number of aromatic nitrogens is 1. The molecule has 2 aliphatic heterocycles. The summed E-state index contributed by atoms with van der Waals surface area (Å²) in [5.41, 5.74) is 0.827. The molecule has 1 fully saturated rings. The molecule has 118 valence electrons. The van der Waals surface area contributed by atoms with Crippen molar-refractivity contribution in [2.45, 2.75) is 36.5 Å². The number of piperidine rings is 1. The van der Waals surface area contributed by atoms with Gasteiger partial charge < -0.3 is 9.80 Å². The number of hydrogen-bond acceptors (Lipinski definition) is 4. The Balaban J connectivity index is 1.68. The summed E-state index contributed by atoms with van der Waals surface area (Å²) in [6.07, 6.45) is 4.10. The molecule has 0 aromatic carbocycles. The van der Waals surface area contributed by atoms with Crippen LogP contribution in [0.15, 0.2) is 23.4 Å².